The highest BCUT2D eigenvalue weighted by molar-refractivity contribution is 6.11. The summed E-state index contributed by atoms with van der Waals surface area (Å²) in [5.74, 6) is -2.64. The van der Waals surface area contributed by atoms with Crippen LogP contribution in [0.5, 0.6) is 5.75 Å². The van der Waals surface area contributed by atoms with E-state index in [4.69, 9.17) is 4.74 Å². The van der Waals surface area contributed by atoms with Crippen molar-refractivity contribution < 1.29 is 28.6 Å². The molecule has 32 heavy (non-hydrogen) atoms. The Labute approximate surface area is 183 Å². The maximum atomic E-state index is 13.3. The normalized spacial score (nSPS) is 10.9. The van der Waals surface area contributed by atoms with Crippen molar-refractivity contribution in [3.63, 3.8) is 0 Å². The molecule has 0 atom stereocenters. The Bertz CT molecular complexity index is 1170. The number of halogens is 1. The van der Waals surface area contributed by atoms with Gasteiger partial charge in [-0.05, 0) is 54.1 Å². The predicted molar refractivity (Wildman–Crippen MR) is 117 cm³/mol. The third kappa shape index (κ3) is 5.57. The summed E-state index contributed by atoms with van der Waals surface area (Å²) in [6.07, 6.45) is 1.38. The van der Waals surface area contributed by atoms with E-state index in [0.717, 1.165) is 0 Å². The Morgan fingerprint density at radius 3 is 2.25 bits per heavy atom. The number of hydrogen-bond acceptors (Lipinski definition) is 4. The molecule has 3 rings (SSSR count). The number of ether oxygens (including phenoxy) is 1. The molecule has 0 saturated heterocycles. The lowest BCUT2D eigenvalue weighted by Crippen LogP contribution is -2.30. The van der Waals surface area contributed by atoms with E-state index in [2.05, 4.69) is 10.6 Å². The highest BCUT2D eigenvalue weighted by Crippen LogP contribution is 2.26. The van der Waals surface area contributed by atoms with Crippen LogP contribution in [-0.4, -0.2) is 30.0 Å². The van der Waals surface area contributed by atoms with Crippen LogP contribution < -0.4 is 15.4 Å². The molecule has 0 bridgehead atoms. The third-order valence-corrected chi connectivity index (χ3v) is 4.40. The first-order valence-corrected chi connectivity index (χ1v) is 9.43. The van der Waals surface area contributed by atoms with Gasteiger partial charge in [0.15, 0.2) is 0 Å². The number of carbonyl (C=O) groups is 3. The summed E-state index contributed by atoms with van der Waals surface area (Å²) in [5.41, 5.74) is 0.718. The molecule has 0 heterocycles. The second kappa shape index (κ2) is 10.0. The second-order valence-electron chi connectivity index (χ2n) is 6.60. The SMILES string of the molecule is COc1ccc(C(=O)O)cc1NC(=O)C(=Cc1ccc(F)cc1)NC(=O)c1ccccc1. The van der Waals surface area contributed by atoms with Gasteiger partial charge in [-0.15, -0.1) is 0 Å². The molecule has 7 nitrogen and oxygen atoms in total. The molecule has 0 radical (unpaired) electrons. The number of methoxy groups -OCH3 is 1. The maximum Gasteiger partial charge on any atom is 0.335 e. The lowest BCUT2D eigenvalue weighted by Gasteiger charge is -2.14. The third-order valence-electron chi connectivity index (χ3n) is 4.40. The predicted octanol–water partition coefficient (Wildman–Crippen LogP) is 3.94. The van der Waals surface area contributed by atoms with Gasteiger partial charge in [-0.3, -0.25) is 9.59 Å². The van der Waals surface area contributed by atoms with E-state index in [9.17, 15) is 23.9 Å². The van der Waals surface area contributed by atoms with Crippen molar-refractivity contribution in [3.05, 3.63) is 101 Å². The van der Waals surface area contributed by atoms with Crippen molar-refractivity contribution >= 4 is 29.5 Å². The van der Waals surface area contributed by atoms with Gasteiger partial charge in [-0.25, -0.2) is 9.18 Å². The van der Waals surface area contributed by atoms with E-state index in [0.29, 0.717) is 11.1 Å². The molecule has 0 aromatic heterocycles. The minimum Gasteiger partial charge on any atom is -0.495 e. The van der Waals surface area contributed by atoms with Crippen LogP contribution in [0.3, 0.4) is 0 Å². The first-order chi connectivity index (χ1) is 15.4. The Morgan fingerprint density at radius 1 is 0.938 bits per heavy atom. The van der Waals surface area contributed by atoms with Crippen LogP contribution >= 0.6 is 0 Å². The lowest BCUT2D eigenvalue weighted by atomic mass is 10.1. The van der Waals surface area contributed by atoms with E-state index >= 15 is 0 Å². The fourth-order valence-electron chi connectivity index (χ4n) is 2.80. The van der Waals surface area contributed by atoms with Crippen molar-refractivity contribution in [1.29, 1.82) is 0 Å². The molecule has 0 aliphatic heterocycles. The van der Waals surface area contributed by atoms with Gasteiger partial charge in [0.2, 0.25) is 0 Å². The van der Waals surface area contributed by atoms with Gasteiger partial charge in [0, 0.05) is 5.56 Å². The van der Waals surface area contributed by atoms with Crippen LogP contribution in [-0.2, 0) is 4.79 Å². The minimum absolute atomic E-state index is 0.0570. The van der Waals surface area contributed by atoms with Crippen LogP contribution in [0.1, 0.15) is 26.3 Å². The highest BCUT2D eigenvalue weighted by Gasteiger charge is 2.18. The number of nitrogens with one attached hydrogen (secondary N) is 2. The van der Waals surface area contributed by atoms with Gasteiger partial charge in [-0.1, -0.05) is 30.3 Å². The van der Waals surface area contributed by atoms with Crippen molar-refractivity contribution in [3.8, 4) is 5.75 Å². The summed E-state index contributed by atoms with van der Waals surface area (Å²) in [6, 6.07) is 17.6. The van der Waals surface area contributed by atoms with Gasteiger partial charge in [-0.2, -0.15) is 0 Å². The van der Waals surface area contributed by atoms with Gasteiger partial charge in [0.25, 0.3) is 11.8 Å². The molecule has 0 saturated carbocycles. The molecule has 0 fully saturated rings. The molecule has 3 N–H and O–H groups in total. The number of carbonyl (C=O) groups excluding carboxylic acids is 2. The van der Waals surface area contributed by atoms with E-state index in [1.165, 1.54) is 55.7 Å². The lowest BCUT2D eigenvalue weighted by molar-refractivity contribution is -0.113. The molecule has 2 amide bonds. The average molecular weight is 434 g/mol. The monoisotopic (exact) mass is 434 g/mol. The Kier molecular flexibility index (Phi) is 6.97. The largest absolute Gasteiger partial charge is 0.495 e. The summed E-state index contributed by atoms with van der Waals surface area (Å²) < 4.78 is 18.4. The molecular weight excluding hydrogens is 415 g/mol. The summed E-state index contributed by atoms with van der Waals surface area (Å²) in [6.45, 7) is 0. The number of carboxylic acid groups (broad SMARTS) is 1. The van der Waals surface area contributed by atoms with Crippen LogP contribution in [0.15, 0.2) is 78.5 Å². The molecule has 0 aliphatic carbocycles. The Hall–Kier alpha value is -4.46. The van der Waals surface area contributed by atoms with E-state index in [1.54, 1.807) is 30.3 Å². The molecule has 0 spiro atoms. The number of hydrogen-bond donors (Lipinski definition) is 3. The number of aromatic carboxylic acids is 1. The highest BCUT2D eigenvalue weighted by atomic mass is 19.1. The topological polar surface area (TPSA) is 105 Å². The number of amides is 2. The number of rotatable bonds is 7. The minimum atomic E-state index is -1.18. The Balaban J connectivity index is 1.94. The summed E-state index contributed by atoms with van der Waals surface area (Å²) >= 11 is 0. The molecule has 0 aliphatic rings. The van der Waals surface area contributed by atoms with Crippen molar-refractivity contribution in [2.24, 2.45) is 0 Å². The van der Waals surface area contributed by atoms with Crippen LogP contribution in [0.4, 0.5) is 10.1 Å². The molecular formula is C24H19FN2O5. The van der Waals surface area contributed by atoms with Crippen LogP contribution in [0.25, 0.3) is 6.08 Å². The summed E-state index contributed by atoms with van der Waals surface area (Å²) in [7, 11) is 1.37. The summed E-state index contributed by atoms with van der Waals surface area (Å²) in [4.78, 5) is 36.9. The van der Waals surface area contributed by atoms with E-state index < -0.39 is 23.6 Å². The zero-order valence-corrected chi connectivity index (χ0v) is 17.0. The fourth-order valence-corrected chi connectivity index (χ4v) is 2.80. The maximum absolute atomic E-state index is 13.3. The summed E-state index contributed by atoms with van der Waals surface area (Å²) in [5, 5.41) is 14.3. The van der Waals surface area contributed by atoms with Crippen LogP contribution in [0, 0.1) is 5.82 Å². The van der Waals surface area contributed by atoms with Gasteiger partial charge in [0.1, 0.15) is 17.3 Å². The molecule has 0 unspecified atom stereocenters. The first-order valence-electron chi connectivity index (χ1n) is 9.43. The Morgan fingerprint density at radius 2 is 1.62 bits per heavy atom. The van der Waals surface area contributed by atoms with E-state index in [-0.39, 0.29) is 22.7 Å². The molecule has 3 aromatic carbocycles. The van der Waals surface area contributed by atoms with Gasteiger partial charge < -0.3 is 20.5 Å². The smallest absolute Gasteiger partial charge is 0.335 e. The molecule has 8 heteroatoms. The van der Waals surface area contributed by atoms with Crippen molar-refractivity contribution in [1.82, 2.24) is 5.32 Å². The fraction of sp³-hybridized carbons (Fsp3) is 0.0417. The number of benzene rings is 3. The quantitative estimate of drug-likeness (QED) is 0.489. The van der Waals surface area contributed by atoms with Gasteiger partial charge >= 0.3 is 5.97 Å². The molecule has 162 valence electrons. The number of carboxylic acids is 1. The number of anilines is 1. The zero-order valence-electron chi connectivity index (χ0n) is 17.0. The van der Waals surface area contributed by atoms with Crippen molar-refractivity contribution in [2.75, 3.05) is 12.4 Å². The average Bonchev–Trinajstić information content (AvgIpc) is 2.80. The van der Waals surface area contributed by atoms with Gasteiger partial charge in [0.05, 0.1) is 18.4 Å². The second-order valence-corrected chi connectivity index (χ2v) is 6.60. The standard InChI is InChI=1S/C24H19FN2O5/c1-32-21-12-9-17(24(30)31)14-19(21)26-23(29)20(13-15-7-10-18(25)11-8-15)27-22(28)16-5-3-2-4-6-16/h2-14H,1H3,(H,26,29)(H,27,28)(H,30,31). The van der Waals surface area contributed by atoms with E-state index in [1.807, 2.05) is 0 Å². The first kappa shape index (κ1) is 22.2. The van der Waals surface area contributed by atoms with Crippen molar-refractivity contribution in [2.45, 2.75) is 0 Å². The zero-order chi connectivity index (χ0) is 23.1. The van der Waals surface area contributed by atoms with Crippen LogP contribution in [0.2, 0.25) is 0 Å². The molecule has 3 aromatic rings.